The minimum absolute atomic E-state index is 0.00733. The maximum absolute atomic E-state index is 12.7. The molecule has 1 fully saturated rings. The zero-order valence-corrected chi connectivity index (χ0v) is 73.7. The minimum Gasteiger partial charge on any atom is -0.478 e. The molecule has 40 heteroatoms. The molecule has 0 spiro atoms. The van der Waals surface area contributed by atoms with Gasteiger partial charge in [0.25, 0.3) is 11.8 Å². The van der Waals surface area contributed by atoms with Crippen LogP contribution in [-0.2, 0) is 147 Å². The molecule has 716 valence electrons. The second-order valence-electron chi connectivity index (χ2n) is 27.2. The fraction of sp³-hybridized carbons (Fsp3) is 0.698. The number of methoxy groups -OCH3 is 1. The van der Waals surface area contributed by atoms with Gasteiger partial charge in [0.15, 0.2) is 5.36 Å². The summed E-state index contributed by atoms with van der Waals surface area (Å²) in [5, 5.41) is 25.4. The molecular formula is C86H139N6O34+. The van der Waals surface area contributed by atoms with Gasteiger partial charge >= 0.3 is 11.9 Å². The fourth-order valence-corrected chi connectivity index (χ4v) is 11.0. The van der Waals surface area contributed by atoms with Crippen molar-refractivity contribution in [3.8, 4) is 22.5 Å². The molecule has 40 nitrogen and oxygen atoms in total. The molecule has 1 saturated heterocycles. The van der Waals surface area contributed by atoms with Crippen LogP contribution < -0.4 is 32.5 Å². The van der Waals surface area contributed by atoms with E-state index < -0.39 is 41.6 Å². The van der Waals surface area contributed by atoms with Crippen molar-refractivity contribution in [2.75, 3.05) is 336 Å². The molecule has 0 aromatic heterocycles. The molecule has 8 N–H and O–H groups in total. The van der Waals surface area contributed by atoms with Gasteiger partial charge < -0.3 is 150 Å². The predicted molar refractivity (Wildman–Crippen MR) is 454 cm³/mol. The standard InChI is InChI=1S/C66H124N4O31.C20H14N2O3/c1-60(71)69-61(7-8-62(72)67-11-5-3-4-6-65(75)101-70-63(73)9-10-64(70)74)66(76)68-12-13-78-16-17-80-20-21-82-24-25-84-28-29-86-32-33-88-36-37-90-40-41-92-44-45-94-48-49-96-52-53-98-56-57-100-59-58-99-55-54-97-51-50-95-47-46-93-43-42-91-39-38-89-35-34-87-31-30-85-27-26-83-23-22-81-19-18-79-15-14-77-2;21-11-5-7-15-17(9-11)25-18-10-12(22)6-8-16(18)19(15)13-3-1-2-4-14(13)20(23)24/h61H,3-59H2,1-2H3,(H,67,72)(H,68,76)(H,69,71);1-10,21H,22H2,(H,23,24)/p+1. The second-order valence-corrected chi connectivity index (χ2v) is 27.2. The Labute approximate surface area is 738 Å². The highest BCUT2D eigenvalue weighted by Gasteiger charge is 2.33. The number of ether oxygens (including phenoxy) is 24. The second kappa shape index (κ2) is 78.5. The SMILES string of the molecule is COCCOCCOCCOCCOCCOCCOCCOCCOCCOCCOCCOCCOCCOCCOCCOCCOCCOCCOCCOCCOCCOCCOCCOCCNC(=O)C(CCC(=O)NCCCCCC(=O)ON1C(=O)CCC1=O)NC(C)=O.Nc1ccc2c(-c3ccccc3C(=O)O)c3ccc(=[NH2+])cc-3oc2c1. The van der Waals surface area contributed by atoms with Gasteiger partial charge in [-0.3, -0.25) is 29.4 Å². The van der Waals surface area contributed by atoms with Crippen molar-refractivity contribution in [1.82, 2.24) is 21.0 Å². The topological polar surface area (TPSA) is 475 Å². The summed E-state index contributed by atoms with van der Waals surface area (Å²) in [4.78, 5) is 88.3. The number of imide groups is 1. The van der Waals surface area contributed by atoms with Gasteiger partial charge in [-0.2, -0.15) is 0 Å². The first-order valence-electron chi connectivity index (χ1n) is 43.1. The Hall–Kier alpha value is -7.54. The molecule has 2 aromatic carbocycles. The predicted octanol–water partition coefficient (Wildman–Crippen LogP) is 1.84. The number of aromatic carboxylic acids is 1. The number of rotatable bonds is 86. The number of nitrogen functional groups attached to an aromatic ring is 1. The Bertz CT molecular complexity index is 3440. The van der Waals surface area contributed by atoms with E-state index in [0.717, 1.165) is 16.5 Å². The van der Waals surface area contributed by atoms with E-state index in [9.17, 15) is 38.7 Å². The first-order chi connectivity index (χ1) is 61.8. The number of anilines is 1. The molecule has 2 aliphatic heterocycles. The fourth-order valence-electron chi connectivity index (χ4n) is 11.0. The maximum Gasteiger partial charge on any atom is 0.336 e. The Balaban J connectivity index is 0.00000111. The summed E-state index contributed by atoms with van der Waals surface area (Å²) in [5.41, 5.74) is 9.46. The average molecular weight is 1800 g/mol. The Morgan fingerprint density at radius 1 is 0.421 bits per heavy atom. The minimum atomic E-state index is -0.983. The Morgan fingerprint density at radius 3 is 1.13 bits per heavy atom. The van der Waals surface area contributed by atoms with Gasteiger partial charge in [-0.15, -0.1) is 5.06 Å². The highest BCUT2D eigenvalue weighted by molar-refractivity contribution is 6.08. The van der Waals surface area contributed by atoms with Gasteiger partial charge in [-0.05, 0) is 49.1 Å². The lowest BCUT2D eigenvalue weighted by atomic mass is 9.91. The summed E-state index contributed by atoms with van der Waals surface area (Å²) >= 11 is 0. The zero-order chi connectivity index (χ0) is 90.3. The van der Waals surface area contributed by atoms with Gasteiger partial charge in [0, 0.05) is 87.1 Å². The lowest BCUT2D eigenvalue weighted by Crippen LogP contribution is -2.47. The zero-order valence-electron chi connectivity index (χ0n) is 73.7. The van der Waals surface area contributed by atoms with Crippen LogP contribution in [0.25, 0.3) is 33.4 Å². The van der Waals surface area contributed by atoms with Crippen molar-refractivity contribution in [2.45, 2.75) is 64.3 Å². The molecule has 1 unspecified atom stereocenters. The van der Waals surface area contributed by atoms with Gasteiger partial charge in [-0.1, -0.05) is 24.6 Å². The van der Waals surface area contributed by atoms with E-state index >= 15 is 0 Å². The largest absolute Gasteiger partial charge is 0.478 e. The molecule has 5 rings (SSSR count). The van der Waals surface area contributed by atoms with Gasteiger partial charge in [-0.25, -0.2) is 9.59 Å². The molecule has 1 aliphatic carbocycles. The number of nitrogens with one attached hydrogen (secondary N) is 3. The van der Waals surface area contributed by atoms with Crippen LogP contribution >= 0.6 is 0 Å². The Kier molecular flexibility index (Phi) is 69.0. The molecular weight excluding hydrogens is 1660 g/mol. The van der Waals surface area contributed by atoms with Crippen LogP contribution in [0.2, 0.25) is 0 Å². The molecule has 2 aromatic rings. The molecule has 0 saturated carbocycles. The number of nitrogens with two attached hydrogens (primary N) is 2. The monoisotopic (exact) mass is 1800 g/mol. The van der Waals surface area contributed by atoms with Crippen LogP contribution in [0, 0.1) is 0 Å². The van der Waals surface area contributed by atoms with Crippen LogP contribution in [-0.4, -0.2) is 388 Å². The van der Waals surface area contributed by atoms with E-state index in [1.54, 1.807) is 49.6 Å². The normalized spacial score (nSPS) is 12.3. The number of fused-ring (bicyclic) bond motifs is 2. The number of carbonyl (C=O) groups excluding carboxylic acids is 6. The molecule has 1 atom stereocenters. The van der Waals surface area contributed by atoms with Crippen molar-refractivity contribution in [3.05, 3.63) is 71.6 Å². The number of nitrogens with zero attached hydrogens (tertiary/aromatic N) is 1. The van der Waals surface area contributed by atoms with E-state index in [0.29, 0.717) is 363 Å². The number of unbranched alkanes of at least 4 members (excludes halogenated alkanes) is 2. The average Bonchev–Trinajstić information content (AvgIpc) is 0.828. The van der Waals surface area contributed by atoms with Gasteiger partial charge in [0.2, 0.25) is 17.7 Å². The van der Waals surface area contributed by atoms with Gasteiger partial charge in [0.05, 0.1) is 322 Å². The lowest BCUT2D eigenvalue weighted by Gasteiger charge is -2.17. The first-order valence-corrected chi connectivity index (χ1v) is 43.1. The first kappa shape index (κ1) is 111. The number of hydroxylamine groups is 2. The van der Waals surface area contributed by atoms with Gasteiger partial charge in [0.1, 0.15) is 17.4 Å². The number of carbonyl (C=O) groups is 7. The summed E-state index contributed by atoms with van der Waals surface area (Å²) < 4.78 is 137. The lowest BCUT2D eigenvalue weighted by molar-refractivity contribution is -0.197. The van der Waals surface area contributed by atoms with Crippen LogP contribution in [0.15, 0.2) is 65.1 Å². The third-order valence-electron chi connectivity index (χ3n) is 17.3. The molecule has 5 amide bonds. The van der Waals surface area contributed by atoms with E-state index in [2.05, 4.69) is 16.0 Å². The third kappa shape index (κ3) is 58.8. The third-order valence-corrected chi connectivity index (χ3v) is 17.3. The smallest absolute Gasteiger partial charge is 0.336 e. The van der Waals surface area contributed by atoms with Crippen LogP contribution in [0.3, 0.4) is 0 Å². The van der Waals surface area contributed by atoms with Crippen molar-refractivity contribution < 1.29 is 167 Å². The number of amides is 5. The van der Waals surface area contributed by atoms with E-state index in [1.807, 2.05) is 18.2 Å². The molecule has 126 heavy (non-hydrogen) atoms. The van der Waals surface area contributed by atoms with E-state index in [1.165, 1.54) is 6.92 Å². The molecule has 0 radical (unpaired) electrons. The van der Waals surface area contributed by atoms with Crippen LogP contribution in [0.4, 0.5) is 5.69 Å². The maximum atomic E-state index is 12.7. The van der Waals surface area contributed by atoms with E-state index in [4.69, 9.17) is 134 Å². The van der Waals surface area contributed by atoms with E-state index in [-0.39, 0.29) is 56.7 Å². The quantitative estimate of drug-likeness (QED) is 0.0159. The molecule has 3 aliphatic rings. The van der Waals surface area contributed by atoms with Crippen molar-refractivity contribution >= 4 is 58.1 Å². The summed E-state index contributed by atoms with van der Waals surface area (Å²) in [7, 11) is 1.64. The number of hydrogen-bond donors (Lipinski definition) is 6. The van der Waals surface area contributed by atoms with Crippen LogP contribution in [0.1, 0.15) is 68.6 Å². The van der Waals surface area contributed by atoms with Crippen molar-refractivity contribution in [3.63, 3.8) is 0 Å². The summed E-state index contributed by atoms with van der Waals surface area (Å²) in [6.45, 7) is 23.6. The molecule has 2 heterocycles. The summed E-state index contributed by atoms with van der Waals surface area (Å²) in [5.74, 6) is -3.27. The number of carboxylic acids is 1. The Morgan fingerprint density at radius 2 is 0.778 bits per heavy atom. The highest BCUT2D eigenvalue weighted by Crippen LogP contribution is 2.41. The summed E-state index contributed by atoms with van der Waals surface area (Å²) in [6, 6.07) is 16.7. The number of benzene rings is 3. The van der Waals surface area contributed by atoms with Crippen molar-refractivity contribution in [2.24, 2.45) is 0 Å². The number of carboxylic acid groups (broad SMARTS) is 1. The number of hydrogen-bond acceptors (Lipinski definition) is 34. The molecule has 0 bridgehead atoms. The highest BCUT2D eigenvalue weighted by atomic mass is 16.7. The van der Waals surface area contributed by atoms with Crippen molar-refractivity contribution in [1.29, 1.82) is 0 Å². The van der Waals surface area contributed by atoms with Crippen LogP contribution in [0.5, 0.6) is 0 Å². The summed E-state index contributed by atoms with van der Waals surface area (Å²) in [6.07, 6.45) is 1.81.